The summed E-state index contributed by atoms with van der Waals surface area (Å²) in [5.74, 6) is -7.30. The number of carbonyl (C=O) groups is 4. The number of nitrogens with zero attached hydrogens (tertiary/aromatic N) is 2. The summed E-state index contributed by atoms with van der Waals surface area (Å²) in [4.78, 5) is 38.9. The van der Waals surface area contributed by atoms with Crippen LogP contribution in [0.4, 0.5) is 0 Å². The maximum absolute atomic E-state index is 9.10. The van der Waals surface area contributed by atoms with E-state index in [4.69, 9.17) is 55.9 Å². The number of hydrogen-bond acceptors (Lipinski definition) is 8. The topological polar surface area (TPSA) is 202 Å². The first-order valence-corrected chi connectivity index (χ1v) is 12.2. The summed E-state index contributed by atoms with van der Waals surface area (Å²) in [6.45, 7) is 5.23. The van der Waals surface area contributed by atoms with Crippen LogP contribution in [0.25, 0.3) is 11.3 Å². The summed E-state index contributed by atoms with van der Waals surface area (Å²) in [6.07, 6.45) is 2.07. The highest BCUT2D eigenvalue weighted by Gasteiger charge is 2.20. The number of ether oxygens (including phenoxy) is 1. The van der Waals surface area contributed by atoms with Crippen LogP contribution in [0, 0.1) is 0 Å². The number of morpholine rings is 1. The Labute approximate surface area is 234 Å². The van der Waals surface area contributed by atoms with Gasteiger partial charge in [-0.3, -0.25) is 10.00 Å². The van der Waals surface area contributed by atoms with Crippen LogP contribution in [0.1, 0.15) is 11.1 Å². The lowest BCUT2D eigenvalue weighted by atomic mass is 10.1. The molecule has 0 bridgehead atoms. The average Bonchev–Trinajstić information content (AvgIpc) is 3.39. The fourth-order valence-corrected chi connectivity index (χ4v) is 3.69. The van der Waals surface area contributed by atoms with Crippen LogP contribution in [0.2, 0.25) is 5.02 Å². The zero-order chi connectivity index (χ0) is 29.5. The molecule has 1 fully saturated rings. The molecule has 40 heavy (non-hydrogen) atoms. The van der Waals surface area contributed by atoms with Gasteiger partial charge in [-0.1, -0.05) is 54.1 Å². The van der Waals surface area contributed by atoms with Crippen molar-refractivity contribution in [1.29, 1.82) is 0 Å². The average molecular weight is 577 g/mol. The lowest BCUT2D eigenvalue weighted by Gasteiger charge is -2.33. The van der Waals surface area contributed by atoms with Gasteiger partial charge in [0.15, 0.2) is 0 Å². The number of nitrogens with one attached hydrogen (secondary N) is 2. The van der Waals surface area contributed by atoms with E-state index in [0.29, 0.717) is 0 Å². The van der Waals surface area contributed by atoms with Gasteiger partial charge in [-0.25, -0.2) is 19.2 Å². The lowest BCUT2D eigenvalue weighted by Crippen LogP contribution is -2.46. The van der Waals surface area contributed by atoms with Gasteiger partial charge in [-0.15, -0.1) is 0 Å². The van der Waals surface area contributed by atoms with E-state index in [1.165, 1.54) is 5.56 Å². The third kappa shape index (κ3) is 11.6. The number of carboxylic acid groups (broad SMARTS) is 4. The SMILES string of the molecule is Clc1ccc(-c2[nH]ncc2CNCC2CN(Cc3ccccc3)CCO2)cc1.O=C(O)C(=O)O.O=C(O)C(=O)O. The summed E-state index contributed by atoms with van der Waals surface area (Å²) in [5, 5.41) is 41.1. The molecule has 0 aliphatic carbocycles. The van der Waals surface area contributed by atoms with Crippen molar-refractivity contribution in [2.75, 3.05) is 26.2 Å². The first kappa shape index (κ1) is 31.9. The molecule has 214 valence electrons. The summed E-state index contributed by atoms with van der Waals surface area (Å²) in [6, 6.07) is 18.4. The molecule has 1 unspecified atom stereocenters. The smallest absolute Gasteiger partial charge is 0.414 e. The minimum Gasteiger partial charge on any atom is -0.473 e. The number of carboxylic acids is 4. The minimum atomic E-state index is -1.82. The van der Waals surface area contributed by atoms with Crippen molar-refractivity contribution in [3.05, 3.63) is 76.9 Å². The molecular weight excluding hydrogens is 548 g/mol. The van der Waals surface area contributed by atoms with Crippen LogP contribution in [0.3, 0.4) is 0 Å². The number of aromatic amines is 1. The summed E-state index contributed by atoms with van der Waals surface area (Å²) in [7, 11) is 0. The number of aliphatic carboxylic acids is 4. The normalized spacial score (nSPS) is 14.6. The molecule has 0 saturated carbocycles. The molecule has 1 aromatic heterocycles. The standard InChI is InChI=1S/C22H25ClN4O.2C2H2O4/c23-20-8-6-18(7-9-20)22-19(13-25-26-22)12-24-14-21-16-27(10-11-28-21)15-17-4-2-1-3-5-17;2*3-1(4)2(5)6/h1-9,13,21,24H,10-12,14-16H2,(H,25,26);2*(H,3,4)(H,5,6). The van der Waals surface area contributed by atoms with Gasteiger partial charge in [0, 0.05) is 43.3 Å². The Morgan fingerprint density at radius 2 is 1.55 bits per heavy atom. The van der Waals surface area contributed by atoms with Crippen LogP contribution in [0.5, 0.6) is 0 Å². The van der Waals surface area contributed by atoms with Gasteiger partial charge in [0.25, 0.3) is 0 Å². The molecule has 0 radical (unpaired) electrons. The number of rotatable bonds is 7. The number of halogens is 1. The van der Waals surface area contributed by atoms with Gasteiger partial charge < -0.3 is 30.5 Å². The molecular formula is C26H29ClN4O9. The fourth-order valence-electron chi connectivity index (χ4n) is 3.57. The van der Waals surface area contributed by atoms with Crippen LogP contribution < -0.4 is 5.32 Å². The van der Waals surface area contributed by atoms with E-state index < -0.39 is 23.9 Å². The Kier molecular flexibility index (Phi) is 13.3. The van der Waals surface area contributed by atoms with Crippen LogP contribution in [0.15, 0.2) is 60.8 Å². The highest BCUT2D eigenvalue weighted by Crippen LogP contribution is 2.23. The largest absolute Gasteiger partial charge is 0.473 e. The molecule has 13 nitrogen and oxygen atoms in total. The van der Waals surface area contributed by atoms with E-state index >= 15 is 0 Å². The monoisotopic (exact) mass is 576 g/mol. The highest BCUT2D eigenvalue weighted by atomic mass is 35.5. The molecule has 3 aromatic rings. The quantitative estimate of drug-likeness (QED) is 0.224. The number of aromatic nitrogens is 2. The molecule has 6 N–H and O–H groups in total. The molecule has 1 aliphatic rings. The Morgan fingerprint density at radius 1 is 0.950 bits per heavy atom. The Morgan fingerprint density at radius 3 is 2.12 bits per heavy atom. The summed E-state index contributed by atoms with van der Waals surface area (Å²) < 4.78 is 5.95. The predicted molar refractivity (Wildman–Crippen MR) is 143 cm³/mol. The Bertz CT molecular complexity index is 1200. The van der Waals surface area contributed by atoms with Gasteiger partial charge in [0.1, 0.15) is 0 Å². The second-order valence-electron chi connectivity index (χ2n) is 8.34. The van der Waals surface area contributed by atoms with Gasteiger partial charge >= 0.3 is 23.9 Å². The van der Waals surface area contributed by atoms with Gasteiger partial charge in [0.2, 0.25) is 0 Å². The van der Waals surface area contributed by atoms with Crippen molar-refractivity contribution in [3.8, 4) is 11.3 Å². The molecule has 14 heteroatoms. The van der Waals surface area contributed by atoms with Crippen molar-refractivity contribution >= 4 is 35.5 Å². The first-order chi connectivity index (χ1) is 19.1. The number of benzene rings is 2. The van der Waals surface area contributed by atoms with Crippen molar-refractivity contribution in [1.82, 2.24) is 20.4 Å². The van der Waals surface area contributed by atoms with E-state index in [2.05, 4.69) is 50.7 Å². The Balaban J connectivity index is 0.000000393. The van der Waals surface area contributed by atoms with E-state index in [-0.39, 0.29) is 6.10 Å². The van der Waals surface area contributed by atoms with Crippen LogP contribution in [-0.4, -0.2) is 91.7 Å². The molecule has 0 amide bonds. The second-order valence-corrected chi connectivity index (χ2v) is 8.78. The van der Waals surface area contributed by atoms with Gasteiger partial charge in [-0.2, -0.15) is 5.10 Å². The molecule has 2 aromatic carbocycles. The van der Waals surface area contributed by atoms with Crippen molar-refractivity contribution in [3.63, 3.8) is 0 Å². The predicted octanol–water partition coefficient (Wildman–Crippen LogP) is 2.03. The molecule has 1 saturated heterocycles. The minimum absolute atomic E-state index is 0.198. The highest BCUT2D eigenvalue weighted by molar-refractivity contribution is 6.30. The van der Waals surface area contributed by atoms with Gasteiger partial charge in [0.05, 0.1) is 24.6 Å². The Hall–Kier alpha value is -4.30. The summed E-state index contributed by atoms with van der Waals surface area (Å²) >= 11 is 5.99. The van der Waals surface area contributed by atoms with Gasteiger partial charge in [-0.05, 0) is 23.3 Å². The van der Waals surface area contributed by atoms with Crippen LogP contribution in [-0.2, 0) is 37.0 Å². The zero-order valence-corrected chi connectivity index (χ0v) is 22.0. The third-order valence-corrected chi connectivity index (χ3v) is 5.63. The van der Waals surface area contributed by atoms with E-state index in [1.807, 2.05) is 30.5 Å². The molecule has 1 atom stereocenters. The molecule has 1 aliphatic heterocycles. The van der Waals surface area contributed by atoms with E-state index in [0.717, 1.165) is 61.2 Å². The van der Waals surface area contributed by atoms with Crippen LogP contribution >= 0.6 is 11.6 Å². The lowest BCUT2D eigenvalue weighted by molar-refractivity contribution is -0.159. The number of H-pyrrole nitrogens is 1. The fraction of sp³-hybridized carbons (Fsp3) is 0.269. The number of hydrogen-bond donors (Lipinski definition) is 6. The second kappa shape index (κ2) is 16.6. The first-order valence-electron chi connectivity index (χ1n) is 11.9. The van der Waals surface area contributed by atoms with Crippen molar-refractivity contribution in [2.24, 2.45) is 0 Å². The summed E-state index contributed by atoms with van der Waals surface area (Å²) in [5.41, 5.74) is 4.60. The maximum atomic E-state index is 9.10. The molecule has 4 rings (SSSR count). The van der Waals surface area contributed by atoms with E-state index in [9.17, 15) is 0 Å². The van der Waals surface area contributed by atoms with Crippen molar-refractivity contribution < 1.29 is 44.3 Å². The third-order valence-electron chi connectivity index (χ3n) is 5.38. The molecule has 2 heterocycles. The van der Waals surface area contributed by atoms with E-state index in [1.54, 1.807) is 0 Å². The van der Waals surface area contributed by atoms with Crippen molar-refractivity contribution in [2.45, 2.75) is 19.2 Å². The maximum Gasteiger partial charge on any atom is 0.414 e. The zero-order valence-electron chi connectivity index (χ0n) is 21.2. The molecule has 0 spiro atoms.